The topological polar surface area (TPSA) is 57.2 Å². The van der Waals surface area contributed by atoms with Crippen molar-refractivity contribution in [3.63, 3.8) is 0 Å². The van der Waals surface area contributed by atoms with Crippen LogP contribution in [0.15, 0.2) is 65.6 Å². The molecule has 0 bridgehead atoms. The van der Waals surface area contributed by atoms with Gasteiger partial charge in [-0.3, -0.25) is 4.79 Å². The van der Waals surface area contributed by atoms with Gasteiger partial charge in [0.15, 0.2) is 0 Å². The van der Waals surface area contributed by atoms with Crippen LogP contribution >= 0.6 is 0 Å². The fourth-order valence-corrected chi connectivity index (χ4v) is 2.62. The van der Waals surface area contributed by atoms with Gasteiger partial charge in [-0.15, -0.1) is 0 Å². The fraction of sp³-hybridized carbons (Fsp3) is 0.250. The van der Waals surface area contributed by atoms with Gasteiger partial charge in [-0.1, -0.05) is 37.3 Å². The first-order chi connectivity index (χ1) is 11.7. The quantitative estimate of drug-likeness (QED) is 0.757. The van der Waals surface area contributed by atoms with Crippen molar-refractivity contribution in [1.82, 2.24) is 4.57 Å². The van der Waals surface area contributed by atoms with E-state index >= 15 is 0 Å². The number of nitrogens with zero attached hydrogens (tertiary/aromatic N) is 1. The van der Waals surface area contributed by atoms with Gasteiger partial charge in [0.25, 0.3) is 5.56 Å². The van der Waals surface area contributed by atoms with Crippen LogP contribution in [0.25, 0.3) is 10.8 Å². The van der Waals surface area contributed by atoms with Crippen molar-refractivity contribution in [2.75, 3.05) is 0 Å². The zero-order valence-electron chi connectivity index (χ0n) is 13.8. The van der Waals surface area contributed by atoms with Crippen molar-refractivity contribution < 1.29 is 4.74 Å². The minimum atomic E-state index is -0.00832. The molecule has 24 heavy (non-hydrogen) atoms. The molecule has 0 aliphatic carbocycles. The highest BCUT2D eigenvalue weighted by Crippen LogP contribution is 2.19. The van der Waals surface area contributed by atoms with Gasteiger partial charge >= 0.3 is 0 Å². The van der Waals surface area contributed by atoms with Crippen molar-refractivity contribution in [1.29, 1.82) is 0 Å². The van der Waals surface area contributed by atoms with Crippen LogP contribution in [0.5, 0.6) is 5.75 Å². The second-order valence-corrected chi connectivity index (χ2v) is 5.96. The number of nitrogens with two attached hydrogens (primary N) is 1. The third kappa shape index (κ3) is 3.66. The Bertz CT molecular complexity index is 872. The second-order valence-electron chi connectivity index (χ2n) is 5.96. The summed E-state index contributed by atoms with van der Waals surface area (Å²) in [4.78, 5) is 12.5. The smallest absolute Gasteiger partial charge is 0.258 e. The Kier molecular flexibility index (Phi) is 4.96. The van der Waals surface area contributed by atoms with Gasteiger partial charge in [-0.2, -0.15) is 0 Å². The lowest BCUT2D eigenvalue weighted by Crippen LogP contribution is -2.31. The summed E-state index contributed by atoms with van der Waals surface area (Å²) in [6, 6.07) is 17.5. The van der Waals surface area contributed by atoms with E-state index < -0.39 is 0 Å². The number of hydrogen-bond acceptors (Lipinski definition) is 3. The van der Waals surface area contributed by atoms with Crippen LogP contribution in [0.2, 0.25) is 0 Å². The Morgan fingerprint density at radius 3 is 2.67 bits per heavy atom. The van der Waals surface area contributed by atoms with Gasteiger partial charge in [0.05, 0.1) is 0 Å². The minimum Gasteiger partial charge on any atom is -0.489 e. The van der Waals surface area contributed by atoms with E-state index in [1.54, 1.807) is 10.8 Å². The molecule has 0 fully saturated rings. The first-order valence-corrected chi connectivity index (χ1v) is 8.23. The van der Waals surface area contributed by atoms with Crippen LogP contribution in [0, 0.1) is 0 Å². The lowest BCUT2D eigenvalue weighted by Gasteiger charge is -2.12. The lowest BCUT2D eigenvalue weighted by atomic mass is 10.1. The van der Waals surface area contributed by atoms with Crippen molar-refractivity contribution in [3.8, 4) is 5.75 Å². The molecule has 3 aromatic rings. The van der Waals surface area contributed by atoms with Gasteiger partial charge in [-0.25, -0.2) is 0 Å². The van der Waals surface area contributed by atoms with E-state index in [9.17, 15) is 4.79 Å². The Morgan fingerprint density at radius 2 is 1.92 bits per heavy atom. The first kappa shape index (κ1) is 16.3. The summed E-state index contributed by atoms with van der Waals surface area (Å²) in [5, 5.41) is 1.57. The molecular weight excluding hydrogens is 300 g/mol. The van der Waals surface area contributed by atoms with Crippen LogP contribution in [-0.2, 0) is 13.2 Å². The maximum atomic E-state index is 12.5. The van der Waals surface area contributed by atoms with Crippen LogP contribution in [0.4, 0.5) is 0 Å². The number of benzene rings is 2. The number of ether oxygens (including phenoxy) is 1. The first-order valence-electron chi connectivity index (χ1n) is 8.23. The van der Waals surface area contributed by atoms with Gasteiger partial charge in [0.2, 0.25) is 0 Å². The zero-order chi connectivity index (χ0) is 16.9. The van der Waals surface area contributed by atoms with Crippen LogP contribution in [0.3, 0.4) is 0 Å². The lowest BCUT2D eigenvalue weighted by molar-refractivity contribution is 0.306. The largest absolute Gasteiger partial charge is 0.489 e. The average molecular weight is 322 g/mol. The van der Waals surface area contributed by atoms with E-state index in [2.05, 4.69) is 0 Å². The molecule has 0 amide bonds. The van der Waals surface area contributed by atoms with Crippen LogP contribution in [0.1, 0.15) is 18.9 Å². The molecule has 2 aromatic carbocycles. The van der Waals surface area contributed by atoms with E-state index in [1.807, 2.05) is 61.5 Å². The number of hydrogen-bond donors (Lipinski definition) is 1. The molecule has 0 aliphatic heterocycles. The Labute approximate surface area is 141 Å². The second kappa shape index (κ2) is 7.32. The predicted molar refractivity (Wildman–Crippen MR) is 97.2 cm³/mol. The molecular formula is C20H22N2O2. The Hall–Kier alpha value is -2.59. The SMILES string of the molecule is CCC(N)Cn1ccc2cc(OCc3ccccc3)ccc2c1=O. The molecule has 0 radical (unpaired) electrons. The molecule has 3 rings (SSSR count). The third-order valence-corrected chi connectivity index (χ3v) is 4.15. The molecule has 0 saturated carbocycles. The van der Waals surface area contributed by atoms with E-state index in [1.165, 1.54) is 0 Å². The summed E-state index contributed by atoms with van der Waals surface area (Å²) in [7, 11) is 0. The van der Waals surface area contributed by atoms with E-state index in [4.69, 9.17) is 10.5 Å². The number of rotatable bonds is 6. The number of fused-ring (bicyclic) bond motifs is 1. The summed E-state index contributed by atoms with van der Waals surface area (Å²) in [6.07, 6.45) is 2.65. The van der Waals surface area contributed by atoms with Crippen molar-refractivity contribution >= 4 is 10.8 Å². The van der Waals surface area contributed by atoms with Crippen molar-refractivity contribution in [2.24, 2.45) is 5.73 Å². The van der Waals surface area contributed by atoms with Gasteiger partial charge in [0.1, 0.15) is 12.4 Å². The van der Waals surface area contributed by atoms with E-state index in [0.717, 1.165) is 23.1 Å². The summed E-state index contributed by atoms with van der Waals surface area (Å²) in [5.74, 6) is 0.758. The molecule has 0 saturated heterocycles. The highest BCUT2D eigenvalue weighted by atomic mass is 16.5. The van der Waals surface area contributed by atoms with Crippen LogP contribution < -0.4 is 16.0 Å². The van der Waals surface area contributed by atoms with Gasteiger partial charge in [0, 0.05) is 24.2 Å². The fourth-order valence-electron chi connectivity index (χ4n) is 2.62. The predicted octanol–water partition coefficient (Wildman–Crippen LogP) is 3.32. The molecule has 2 N–H and O–H groups in total. The molecule has 0 spiro atoms. The molecule has 0 aliphatic rings. The maximum Gasteiger partial charge on any atom is 0.258 e. The normalized spacial score (nSPS) is 12.2. The molecule has 4 nitrogen and oxygen atoms in total. The highest BCUT2D eigenvalue weighted by Gasteiger charge is 2.07. The maximum absolute atomic E-state index is 12.5. The summed E-state index contributed by atoms with van der Waals surface area (Å²) >= 11 is 0. The highest BCUT2D eigenvalue weighted by molar-refractivity contribution is 5.82. The zero-order valence-corrected chi connectivity index (χ0v) is 13.8. The van der Waals surface area contributed by atoms with E-state index in [-0.39, 0.29) is 11.6 Å². The Balaban J connectivity index is 1.81. The molecule has 1 aromatic heterocycles. The standard InChI is InChI=1S/C20H22N2O2/c1-2-17(21)13-22-11-10-16-12-18(8-9-19(16)20(22)23)24-14-15-6-4-3-5-7-15/h3-12,17H,2,13-14,21H2,1H3. The van der Waals surface area contributed by atoms with Gasteiger partial charge < -0.3 is 15.0 Å². The molecule has 1 atom stereocenters. The molecule has 1 heterocycles. The van der Waals surface area contributed by atoms with Crippen molar-refractivity contribution in [2.45, 2.75) is 32.5 Å². The summed E-state index contributed by atoms with van der Waals surface area (Å²) < 4.78 is 7.50. The minimum absolute atomic E-state index is 0.00590. The summed E-state index contributed by atoms with van der Waals surface area (Å²) in [6.45, 7) is 3.07. The Morgan fingerprint density at radius 1 is 1.12 bits per heavy atom. The average Bonchev–Trinajstić information content (AvgIpc) is 2.63. The van der Waals surface area contributed by atoms with Gasteiger partial charge in [-0.05, 0) is 41.6 Å². The monoisotopic (exact) mass is 322 g/mol. The molecule has 1 unspecified atom stereocenters. The van der Waals surface area contributed by atoms with E-state index in [0.29, 0.717) is 18.5 Å². The summed E-state index contributed by atoms with van der Waals surface area (Å²) in [5.41, 5.74) is 7.06. The number of pyridine rings is 1. The molecule has 4 heteroatoms. The third-order valence-electron chi connectivity index (χ3n) is 4.15. The van der Waals surface area contributed by atoms with Crippen molar-refractivity contribution in [3.05, 3.63) is 76.7 Å². The number of aromatic nitrogens is 1. The molecule has 124 valence electrons. The van der Waals surface area contributed by atoms with Crippen LogP contribution in [-0.4, -0.2) is 10.6 Å².